The number of aromatic nitrogens is 1. The van der Waals surface area contributed by atoms with Crippen LogP contribution in [0.15, 0.2) is 24.5 Å². The van der Waals surface area contributed by atoms with Crippen molar-refractivity contribution < 1.29 is 19.5 Å². The molecule has 2 saturated heterocycles. The van der Waals surface area contributed by atoms with E-state index >= 15 is 0 Å². The van der Waals surface area contributed by atoms with Crippen LogP contribution in [-0.2, 0) is 14.4 Å². The fourth-order valence-electron chi connectivity index (χ4n) is 4.22. The van der Waals surface area contributed by atoms with Gasteiger partial charge in [-0.15, -0.1) is 0 Å². The summed E-state index contributed by atoms with van der Waals surface area (Å²) in [5.41, 5.74) is 0.735. The normalized spacial score (nSPS) is 23.3. The van der Waals surface area contributed by atoms with Crippen molar-refractivity contribution in [2.24, 2.45) is 0 Å². The molecule has 7 heteroatoms. The minimum Gasteiger partial charge on any atom is -0.481 e. The first kappa shape index (κ1) is 19.3. The topological polar surface area (TPSA) is 99.6 Å². The molecular weight excluding hydrogens is 346 g/mol. The molecule has 0 saturated carbocycles. The molecule has 1 atom stereocenters. The van der Waals surface area contributed by atoms with Gasteiger partial charge >= 0.3 is 5.97 Å². The number of nitrogens with one attached hydrogen (secondary N) is 1. The first-order valence-corrected chi connectivity index (χ1v) is 9.68. The Labute approximate surface area is 159 Å². The molecule has 146 valence electrons. The number of amides is 2. The van der Waals surface area contributed by atoms with Crippen LogP contribution in [0, 0.1) is 0 Å². The summed E-state index contributed by atoms with van der Waals surface area (Å²) in [5, 5.41) is 11.9. The van der Waals surface area contributed by atoms with Gasteiger partial charge in [0.15, 0.2) is 0 Å². The van der Waals surface area contributed by atoms with E-state index in [2.05, 4.69) is 10.3 Å². The van der Waals surface area contributed by atoms with Crippen LogP contribution < -0.4 is 5.32 Å². The van der Waals surface area contributed by atoms with E-state index in [-0.39, 0.29) is 18.2 Å². The van der Waals surface area contributed by atoms with E-state index in [1.807, 2.05) is 17.0 Å². The van der Waals surface area contributed by atoms with Crippen molar-refractivity contribution in [2.45, 2.75) is 62.8 Å². The molecule has 1 aromatic rings. The van der Waals surface area contributed by atoms with E-state index in [1.54, 1.807) is 12.4 Å². The number of carbonyl (C=O) groups excluding carboxylic acids is 2. The predicted molar refractivity (Wildman–Crippen MR) is 99.0 cm³/mol. The Kier molecular flexibility index (Phi) is 6.08. The number of hydrogen-bond acceptors (Lipinski definition) is 4. The monoisotopic (exact) mass is 373 g/mol. The van der Waals surface area contributed by atoms with Crippen molar-refractivity contribution in [2.75, 3.05) is 13.1 Å². The number of piperidine rings is 1. The quantitative estimate of drug-likeness (QED) is 0.762. The van der Waals surface area contributed by atoms with E-state index in [0.717, 1.165) is 25.9 Å². The summed E-state index contributed by atoms with van der Waals surface area (Å²) in [6, 6.07) is 4.08. The van der Waals surface area contributed by atoms with Crippen LogP contribution in [0.3, 0.4) is 0 Å². The highest BCUT2D eigenvalue weighted by molar-refractivity contribution is 5.80. The van der Waals surface area contributed by atoms with E-state index in [4.69, 9.17) is 5.11 Å². The second kappa shape index (κ2) is 8.50. The summed E-state index contributed by atoms with van der Waals surface area (Å²) >= 11 is 0. The summed E-state index contributed by atoms with van der Waals surface area (Å²) in [6.07, 6.45) is 7.75. The maximum atomic E-state index is 12.6. The van der Waals surface area contributed by atoms with Crippen LogP contribution in [-0.4, -0.2) is 51.4 Å². The number of pyridine rings is 1. The highest BCUT2D eigenvalue weighted by atomic mass is 16.4. The standard InChI is InChI=1S/C20H27N3O4/c24-17-1-8-20(22-17,10-3-19(26)27)9-2-18(25)23-13-6-16(7-14-23)15-4-11-21-12-5-15/h4-5,11-12,16H,1-3,6-10,13-14H2,(H,22,24)(H,26,27). The SMILES string of the molecule is O=C(O)CCC1(CCC(=O)N2CCC(c3ccncc3)CC2)CCC(=O)N1. The summed E-state index contributed by atoms with van der Waals surface area (Å²) in [7, 11) is 0. The fourth-order valence-corrected chi connectivity index (χ4v) is 4.22. The Morgan fingerprint density at radius 2 is 1.85 bits per heavy atom. The number of aliphatic carboxylic acids is 1. The Balaban J connectivity index is 1.50. The Morgan fingerprint density at radius 1 is 1.19 bits per heavy atom. The molecule has 0 radical (unpaired) electrons. The summed E-state index contributed by atoms with van der Waals surface area (Å²) < 4.78 is 0. The van der Waals surface area contributed by atoms with E-state index < -0.39 is 11.5 Å². The minimum absolute atomic E-state index is 0.00575. The lowest BCUT2D eigenvalue weighted by Crippen LogP contribution is -2.44. The molecular formula is C20H27N3O4. The largest absolute Gasteiger partial charge is 0.481 e. The lowest BCUT2D eigenvalue weighted by Gasteiger charge is -2.34. The van der Waals surface area contributed by atoms with Gasteiger partial charge in [-0.25, -0.2) is 0 Å². The van der Waals surface area contributed by atoms with Gasteiger partial charge in [0.25, 0.3) is 0 Å². The van der Waals surface area contributed by atoms with Crippen molar-refractivity contribution in [1.82, 2.24) is 15.2 Å². The van der Waals surface area contributed by atoms with Crippen molar-refractivity contribution in [3.8, 4) is 0 Å². The molecule has 0 spiro atoms. The zero-order chi connectivity index (χ0) is 19.3. The van der Waals surface area contributed by atoms with Gasteiger partial charge in [-0.1, -0.05) is 0 Å². The zero-order valence-corrected chi connectivity index (χ0v) is 15.5. The highest BCUT2D eigenvalue weighted by Crippen LogP contribution is 2.32. The lowest BCUT2D eigenvalue weighted by atomic mass is 9.86. The number of carbonyl (C=O) groups is 3. The summed E-state index contributed by atoms with van der Waals surface area (Å²) in [6.45, 7) is 1.47. The van der Waals surface area contributed by atoms with Crippen molar-refractivity contribution in [1.29, 1.82) is 0 Å². The molecule has 1 unspecified atom stereocenters. The number of rotatable bonds is 7. The molecule has 2 aliphatic rings. The molecule has 7 nitrogen and oxygen atoms in total. The van der Waals surface area contributed by atoms with Gasteiger partial charge in [-0.05, 0) is 55.7 Å². The van der Waals surface area contributed by atoms with Crippen LogP contribution in [0.25, 0.3) is 0 Å². The maximum absolute atomic E-state index is 12.6. The first-order chi connectivity index (χ1) is 13.0. The molecule has 3 rings (SSSR count). The van der Waals surface area contributed by atoms with Crippen molar-refractivity contribution >= 4 is 17.8 Å². The molecule has 3 heterocycles. The molecule has 2 aliphatic heterocycles. The van der Waals surface area contributed by atoms with Crippen LogP contribution in [0.4, 0.5) is 0 Å². The third-order valence-electron chi connectivity index (χ3n) is 5.90. The van der Waals surface area contributed by atoms with Gasteiger partial charge in [-0.2, -0.15) is 0 Å². The van der Waals surface area contributed by atoms with E-state index in [1.165, 1.54) is 5.56 Å². The van der Waals surface area contributed by atoms with Gasteiger partial charge < -0.3 is 15.3 Å². The second-order valence-electron chi connectivity index (χ2n) is 7.66. The van der Waals surface area contributed by atoms with Gasteiger partial charge in [0.05, 0.1) is 0 Å². The van der Waals surface area contributed by atoms with Crippen molar-refractivity contribution in [3.05, 3.63) is 30.1 Å². The lowest BCUT2D eigenvalue weighted by molar-refractivity contribution is -0.137. The molecule has 2 fully saturated rings. The molecule has 0 aromatic carbocycles. The van der Waals surface area contributed by atoms with E-state index in [0.29, 0.717) is 38.0 Å². The van der Waals surface area contributed by atoms with Crippen LogP contribution in [0.2, 0.25) is 0 Å². The van der Waals surface area contributed by atoms with Gasteiger partial charge in [-0.3, -0.25) is 19.4 Å². The number of nitrogens with zero attached hydrogens (tertiary/aromatic N) is 2. The number of hydrogen-bond donors (Lipinski definition) is 2. The van der Waals surface area contributed by atoms with Crippen LogP contribution >= 0.6 is 0 Å². The summed E-state index contributed by atoms with van der Waals surface area (Å²) in [4.78, 5) is 41.2. The minimum atomic E-state index is -0.875. The highest BCUT2D eigenvalue weighted by Gasteiger charge is 2.38. The fraction of sp³-hybridized carbons (Fsp3) is 0.600. The Morgan fingerprint density at radius 3 is 2.44 bits per heavy atom. The molecule has 0 bridgehead atoms. The molecule has 2 amide bonds. The maximum Gasteiger partial charge on any atom is 0.303 e. The Hall–Kier alpha value is -2.44. The molecule has 2 N–H and O–H groups in total. The molecule has 1 aromatic heterocycles. The van der Waals surface area contributed by atoms with Gasteiger partial charge in [0.2, 0.25) is 11.8 Å². The van der Waals surface area contributed by atoms with Crippen LogP contribution in [0.5, 0.6) is 0 Å². The molecule has 0 aliphatic carbocycles. The van der Waals surface area contributed by atoms with Gasteiger partial charge in [0, 0.05) is 50.3 Å². The average Bonchev–Trinajstić information content (AvgIpc) is 3.07. The predicted octanol–water partition coefficient (Wildman–Crippen LogP) is 2.08. The van der Waals surface area contributed by atoms with Crippen molar-refractivity contribution in [3.63, 3.8) is 0 Å². The summed E-state index contributed by atoms with van der Waals surface area (Å²) in [5.74, 6) is -0.363. The van der Waals surface area contributed by atoms with E-state index in [9.17, 15) is 14.4 Å². The first-order valence-electron chi connectivity index (χ1n) is 9.68. The number of likely N-dealkylation sites (tertiary alicyclic amines) is 1. The molecule has 27 heavy (non-hydrogen) atoms. The smallest absolute Gasteiger partial charge is 0.303 e. The van der Waals surface area contributed by atoms with Gasteiger partial charge in [0.1, 0.15) is 0 Å². The third-order valence-corrected chi connectivity index (χ3v) is 5.90. The average molecular weight is 373 g/mol. The number of carboxylic acids is 1. The Bertz CT molecular complexity index is 686. The number of carboxylic acid groups (broad SMARTS) is 1. The second-order valence-corrected chi connectivity index (χ2v) is 7.66. The third kappa shape index (κ3) is 5.05. The van der Waals surface area contributed by atoms with Crippen LogP contribution in [0.1, 0.15) is 62.8 Å². The zero-order valence-electron chi connectivity index (χ0n) is 15.5.